The third kappa shape index (κ3) is 2.80. The molecular formula is C20H20FN3O. The van der Waals surface area contributed by atoms with Crippen LogP contribution in [0.4, 0.5) is 4.39 Å². The highest BCUT2D eigenvalue weighted by molar-refractivity contribution is 5.90. The van der Waals surface area contributed by atoms with Gasteiger partial charge in [-0.1, -0.05) is 18.2 Å². The monoisotopic (exact) mass is 337 g/mol. The maximum atomic E-state index is 14.0. The number of carbonyl (C=O) groups is 1. The highest BCUT2D eigenvalue weighted by atomic mass is 19.1. The van der Waals surface area contributed by atoms with Crippen molar-refractivity contribution < 1.29 is 9.18 Å². The standard InChI is InChI=1S/C20H20FN3O/c1-13-16(15-6-2-7-17(21)20(15)23-13)11-19(25)24-10-4-8-18(24)14-5-3-9-22-12-14/h2-3,5-7,9,12,18,23H,4,8,10-11H2,1H3/t18-/m1/s1. The van der Waals surface area contributed by atoms with Crippen LogP contribution in [0, 0.1) is 12.7 Å². The van der Waals surface area contributed by atoms with Crippen molar-refractivity contribution in [3.05, 3.63) is 65.4 Å². The minimum Gasteiger partial charge on any atom is -0.356 e. The van der Waals surface area contributed by atoms with Crippen molar-refractivity contribution in [1.29, 1.82) is 0 Å². The summed E-state index contributed by atoms with van der Waals surface area (Å²) in [5.41, 5.74) is 3.30. The third-order valence-electron chi connectivity index (χ3n) is 5.07. The van der Waals surface area contributed by atoms with E-state index in [-0.39, 0.29) is 24.2 Å². The van der Waals surface area contributed by atoms with Crippen LogP contribution in [0.2, 0.25) is 0 Å². The molecule has 1 aliphatic heterocycles. The number of pyridine rings is 1. The first kappa shape index (κ1) is 15.8. The topological polar surface area (TPSA) is 49.0 Å². The van der Waals surface area contributed by atoms with Crippen LogP contribution < -0.4 is 0 Å². The summed E-state index contributed by atoms with van der Waals surface area (Å²) in [4.78, 5) is 22.2. The number of H-pyrrole nitrogens is 1. The second kappa shape index (κ2) is 6.31. The molecule has 4 nitrogen and oxygen atoms in total. The molecule has 3 aromatic rings. The van der Waals surface area contributed by atoms with E-state index in [4.69, 9.17) is 0 Å². The van der Waals surface area contributed by atoms with E-state index in [1.165, 1.54) is 6.07 Å². The Morgan fingerprint density at radius 3 is 3.04 bits per heavy atom. The number of fused-ring (bicyclic) bond motifs is 1. The molecule has 0 saturated carbocycles. The van der Waals surface area contributed by atoms with Gasteiger partial charge in [0.1, 0.15) is 5.82 Å². The number of carbonyl (C=O) groups excluding carboxylic acids is 1. The highest BCUT2D eigenvalue weighted by Gasteiger charge is 2.30. The lowest BCUT2D eigenvalue weighted by Gasteiger charge is -2.25. The number of aromatic amines is 1. The third-order valence-corrected chi connectivity index (χ3v) is 5.07. The first-order valence-electron chi connectivity index (χ1n) is 8.60. The van der Waals surface area contributed by atoms with E-state index < -0.39 is 0 Å². The Bertz CT molecular complexity index is 919. The van der Waals surface area contributed by atoms with E-state index in [1.807, 2.05) is 36.2 Å². The molecule has 1 fully saturated rings. The number of benzene rings is 1. The van der Waals surface area contributed by atoms with Crippen LogP contribution in [-0.2, 0) is 11.2 Å². The number of nitrogens with zero attached hydrogens (tertiary/aromatic N) is 2. The molecule has 3 heterocycles. The van der Waals surface area contributed by atoms with E-state index in [9.17, 15) is 9.18 Å². The van der Waals surface area contributed by atoms with E-state index in [0.717, 1.165) is 41.6 Å². The predicted octanol–water partition coefficient (Wildman–Crippen LogP) is 3.92. The molecule has 25 heavy (non-hydrogen) atoms. The molecule has 4 rings (SSSR count). The number of rotatable bonds is 3. The van der Waals surface area contributed by atoms with Gasteiger partial charge in [-0.15, -0.1) is 0 Å². The Morgan fingerprint density at radius 1 is 1.36 bits per heavy atom. The van der Waals surface area contributed by atoms with Crippen molar-refractivity contribution in [3.8, 4) is 0 Å². The summed E-state index contributed by atoms with van der Waals surface area (Å²) in [6.45, 7) is 2.65. The van der Waals surface area contributed by atoms with Crippen molar-refractivity contribution in [1.82, 2.24) is 14.9 Å². The van der Waals surface area contributed by atoms with E-state index in [0.29, 0.717) is 5.52 Å². The number of likely N-dealkylation sites (tertiary alicyclic amines) is 1. The van der Waals surface area contributed by atoms with Gasteiger partial charge in [-0.25, -0.2) is 4.39 Å². The lowest BCUT2D eigenvalue weighted by molar-refractivity contribution is -0.131. The number of halogens is 1. The van der Waals surface area contributed by atoms with Gasteiger partial charge in [0, 0.05) is 30.0 Å². The minimum atomic E-state index is -0.284. The molecule has 1 amide bonds. The molecule has 1 aliphatic rings. The second-order valence-electron chi connectivity index (χ2n) is 6.60. The Labute approximate surface area is 145 Å². The lowest BCUT2D eigenvalue weighted by Crippen LogP contribution is -2.32. The zero-order valence-corrected chi connectivity index (χ0v) is 14.1. The molecule has 0 aliphatic carbocycles. The van der Waals surface area contributed by atoms with Crippen LogP contribution in [-0.4, -0.2) is 27.3 Å². The van der Waals surface area contributed by atoms with Crippen molar-refractivity contribution in [2.45, 2.75) is 32.2 Å². The summed E-state index contributed by atoms with van der Waals surface area (Å²) in [5.74, 6) is -0.201. The average Bonchev–Trinajstić information content (AvgIpc) is 3.23. The first-order valence-corrected chi connectivity index (χ1v) is 8.60. The Morgan fingerprint density at radius 2 is 2.24 bits per heavy atom. The van der Waals surface area contributed by atoms with Gasteiger partial charge in [-0.3, -0.25) is 9.78 Å². The summed E-state index contributed by atoms with van der Waals surface area (Å²) < 4.78 is 14.0. The Hall–Kier alpha value is -2.69. The van der Waals surface area contributed by atoms with Crippen molar-refractivity contribution in [3.63, 3.8) is 0 Å². The molecular weight excluding hydrogens is 317 g/mol. The van der Waals surface area contributed by atoms with Gasteiger partial charge >= 0.3 is 0 Å². The Kier molecular flexibility index (Phi) is 3.99. The van der Waals surface area contributed by atoms with Crippen LogP contribution in [0.5, 0.6) is 0 Å². The van der Waals surface area contributed by atoms with Crippen LogP contribution in [0.15, 0.2) is 42.7 Å². The molecule has 1 saturated heterocycles. The van der Waals surface area contributed by atoms with Crippen LogP contribution in [0.1, 0.15) is 35.7 Å². The molecule has 1 aromatic carbocycles. The summed E-state index contributed by atoms with van der Waals surface area (Å²) >= 11 is 0. The number of aryl methyl sites for hydroxylation is 1. The fraction of sp³-hybridized carbons (Fsp3) is 0.300. The quantitative estimate of drug-likeness (QED) is 0.787. The predicted molar refractivity (Wildman–Crippen MR) is 94.6 cm³/mol. The SMILES string of the molecule is Cc1[nH]c2c(F)cccc2c1CC(=O)N1CCC[C@@H]1c1cccnc1. The maximum absolute atomic E-state index is 14.0. The molecule has 2 aromatic heterocycles. The lowest BCUT2D eigenvalue weighted by atomic mass is 10.0. The summed E-state index contributed by atoms with van der Waals surface area (Å²) in [6, 6.07) is 9.00. The van der Waals surface area contributed by atoms with E-state index >= 15 is 0 Å². The average molecular weight is 337 g/mol. The molecule has 0 bridgehead atoms. The van der Waals surface area contributed by atoms with Crippen molar-refractivity contribution >= 4 is 16.8 Å². The van der Waals surface area contributed by atoms with Gasteiger partial charge in [-0.2, -0.15) is 0 Å². The largest absolute Gasteiger partial charge is 0.356 e. The number of amides is 1. The molecule has 1 N–H and O–H groups in total. The summed E-state index contributed by atoms with van der Waals surface area (Å²) in [7, 11) is 0. The van der Waals surface area contributed by atoms with Gasteiger partial charge in [0.05, 0.1) is 18.0 Å². The molecule has 0 radical (unpaired) electrons. The first-order chi connectivity index (χ1) is 12.1. The highest BCUT2D eigenvalue weighted by Crippen LogP contribution is 2.33. The minimum absolute atomic E-state index is 0.0830. The van der Waals surface area contributed by atoms with Crippen LogP contribution in [0.25, 0.3) is 10.9 Å². The fourth-order valence-corrected chi connectivity index (χ4v) is 3.83. The molecule has 0 spiro atoms. The van der Waals surface area contributed by atoms with Gasteiger partial charge in [0.15, 0.2) is 0 Å². The van der Waals surface area contributed by atoms with Gasteiger partial charge in [0.2, 0.25) is 5.91 Å². The zero-order valence-electron chi connectivity index (χ0n) is 14.1. The van der Waals surface area contributed by atoms with Crippen molar-refractivity contribution in [2.24, 2.45) is 0 Å². The maximum Gasteiger partial charge on any atom is 0.227 e. The summed E-state index contributed by atoms with van der Waals surface area (Å²) in [6.07, 6.45) is 5.81. The number of hydrogen-bond acceptors (Lipinski definition) is 2. The van der Waals surface area contributed by atoms with E-state index in [2.05, 4.69) is 9.97 Å². The van der Waals surface area contributed by atoms with E-state index in [1.54, 1.807) is 12.3 Å². The molecule has 0 unspecified atom stereocenters. The van der Waals surface area contributed by atoms with Gasteiger partial charge in [0.25, 0.3) is 0 Å². The zero-order chi connectivity index (χ0) is 17.4. The van der Waals surface area contributed by atoms with Crippen molar-refractivity contribution in [2.75, 3.05) is 6.54 Å². The number of para-hydroxylation sites is 1. The van der Waals surface area contributed by atoms with Crippen LogP contribution in [0.3, 0.4) is 0 Å². The number of hydrogen-bond donors (Lipinski definition) is 1. The van der Waals surface area contributed by atoms with Gasteiger partial charge in [-0.05, 0) is 43.0 Å². The molecule has 5 heteroatoms. The number of aromatic nitrogens is 2. The molecule has 128 valence electrons. The number of nitrogens with one attached hydrogen (secondary N) is 1. The normalized spacial score (nSPS) is 17.4. The Balaban J connectivity index is 1.62. The van der Waals surface area contributed by atoms with Gasteiger partial charge < -0.3 is 9.88 Å². The second-order valence-corrected chi connectivity index (χ2v) is 6.60. The smallest absolute Gasteiger partial charge is 0.227 e. The molecule has 1 atom stereocenters. The summed E-state index contributed by atoms with van der Waals surface area (Å²) in [5, 5.41) is 0.794. The van der Waals surface area contributed by atoms with Crippen LogP contribution >= 0.6 is 0 Å². The fourth-order valence-electron chi connectivity index (χ4n) is 3.83.